The molecule has 0 amide bonds. The van der Waals surface area contributed by atoms with Crippen LogP contribution in [0.3, 0.4) is 0 Å². The van der Waals surface area contributed by atoms with Crippen LogP contribution < -0.4 is 0 Å². The highest BCUT2D eigenvalue weighted by atomic mass is 16.7. The molecule has 20 heavy (non-hydrogen) atoms. The highest BCUT2D eigenvalue weighted by Gasteiger charge is 2.61. The smallest absolute Gasteiger partial charge is 0.200 e. The van der Waals surface area contributed by atoms with Gasteiger partial charge in [0.25, 0.3) is 0 Å². The van der Waals surface area contributed by atoms with Crippen LogP contribution in [0.15, 0.2) is 30.3 Å². The van der Waals surface area contributed by atoms with Crippen LogP contribution in [0, 0.1) is 0 Å². The lowest BCUT2D eigenvalue weighted by molar-refractivity contribution is -0.152. The molecule has 0 aromatic heterocycles. The zero-order valence-corrected chi connectivity index (χ0v) is 10.5. The van der Waals surface area contributed by atoms with Crippen molar-refractivity contribution < 1.29 is 35.1 Å². The van der Waals surface area contributed by atoms with Crippen LogP contribution >= 0.6 is 0 Å². The van der Waals surface area contributed by atoms with Gasteiger partial charge in [-0.05, 0) is 0 Å². The molecule has 0 radical (unpaired) electrons. The Hall–Kier alpha value is -1.35. The Labute approximate surface area is 114 Å². The number of benzene rings is 1. The summed E-state index contributed by atoms with van der Waals surface area (Å²) >= 11 is 0. The van der Waals surface area contributed by atoms with Gasteiger partial charge >= 0.3 is 0 Å². The third-order valence-corrected chi connectivity index (χ3v) is 3.38. The lowest BCUT2D eigenvalue weighted by Crippen LogP contribution is -2.58. The highest BCUT2D eigenvalue weighted by Crippen LogP contribution is 2.35. The highest BCUT2D eigenvalue weighted by molar-refractivity contribution is 6.03. The first-order valence-corrected chi connectivity index (χ1v) is 6.05. The molecule has 5 N–H and O–H groups in total. The van der Waals surface area contributed by atoms with E-state index >= 15 is 0 Å². The summed E-state index contributed by atoms with van der Waals surface area (Å²) in [5.41, 5.74) is -2.45. The summed E-state index contributed by atoms with van der Waals surface area (Å²) in [6, 6.07) is 7.62. The summed E-state index contributed by atoms with van der Waals surface area (Å²) in [4.78, 5) is 12.4. The summed E-state index contributed by atoms with van der Waals surface area (Å²) in [6.45, 7) is -0.797. The lowest BCUT2D eigenvalue weighted by atomic mass is 9.82. The second-order valence-electron chi connectivity index (χ2n) is 4.66. The maximum atomic E-state index is 12.4. The van der Waals surface area contributed by atoms with Crippen LogP contribution in [-0.2, 0) is 4.74 Å². The average molecular weight is 284 g/mol. The van der Waals surface area contributed by atoms with Crippen molar-refractivity contribution in [2.24, 2.45) is 0 Å². The van der Waals surface area contributed by atoms with E-state index in [0.29, 0.717) is 0 Å². The Bertz CT molecular complexity index is 477. The monoisotopic (exact) mass is 284 g/mol. The number of carbonyl (C=O) groups is 1. The molecule has 2 rings (SSSR count). The standard InChI is InChI=1S/C13H16O7/c14-6-8(15)11-13(19,10(17)12(18)20-11)9(16)7-4-2-1-3-5-7/h1-5,8,10-12,14-15,17-19H,6H2/t8-,10+,11-,12+,13-/m1/s1. The maximum Gasteiger partial charge on any atom is 0.200 e. The van der Waals surface area contributed by atoms with Crippen molar-refractivity contribution in [2.75, 3.05) is 6.61 Å². The molecule has 110 valence electrons. The van der Waals surface area contributed by atoms with Crippen molar-refractivity contribution in [3.63, 3.8) is 0 Å². The number of aliphatic hydroxyl groups is 5. The molecule has 0 spiro atoms. The minimum Gasteiger partial charge on any atom is -0.394 e. The van der Waals surface area contributed by atoms with Gasteiger partial charge in [-0.15, -0.1) is 0 Å². The van der Waals surface area contributed by atoms with Gasteiger partial charge in [-0.1, -0.05) is 30.3 Å². The molecule has 0 unspecified atom stereocenters. The van der Waals surface area contributed by atoms with E-state index in [2.05, 4.69) is 0 Å². The van der Waals surface area contributed by atoms with E-state index in [0.717, 1.165) is 0 Å². The van der Waals surface area contributed by atoms with E-state index in [1.165, 1.54) is 12.1 Å². The first-order chi connectivity index (χ1) is 9.42. The summed E-state index contributed by atoms with van der Waals surface area (Å²) < 4.78 is 4.81. The Morgan fingerprint density at radius 2 is 1.90 bits per heavy atom. The topological polar surface area (TPSA) is 127 Å². The van der Waals surface area contributed by atoms with Crippen molar-refractivity contribution in [3.05, 3.63) is 35.9 Å². The summed E-state index contributed by atoms with van der Waals surface area (Å²) in [6.07, 6.45) is -7.02. The quantitative estimate of drug-likeness (QED) is 0.406. The first kappa shape index (κ1) is 15.0. The minimum atomic E-state index is -2.54. The Kier molecular flexibility index (Phi) is 4.19. The number of carbonyl (C=O) groups excluding carboxylic acids is 1. The predicted molar refractivity (Wildman–Crippen MR) is 65.7 cm³/mol. The number of ether oxygens (including phenoxy) is 1. The number of Topliss-reactive ketones (excluding diaryl/α,β-unsaturated/α-hetero) is 1. The molecule has 1 heterocycles. The SMILES string of the molecule is O=C(c1ccccc1)[C@]1(O)[C@@H]([C@H](O)CO)O[C@H](O)[C@@H]1O. The molecule has 7 nitrogen and oxygen atoms in total. The van der Waals surface area contributed by atoms with Crippen LogP contribution in [0.4, 0.5) is 0 Å². The fourth-order valence-electron chi connectivity index (χ4n) is 2.28. The van der Waals surface area contributed by atoms with Crippen LogP contribution in [0.2, 0.25) is 0 Å². The number of rotatable bonds is 4. The van der Waals surface area contributed by atoms with E-state index in [1.54, 1.807) is 18.2 Å². The van der Waals surface area contributed by atoms with Gasteiger partial charge in [-0.2, -0.15) is 0 Å². The fourth-order valence-corrected chi connectivity index (χ4v) is 2.28. The second-order valence-corrected chi connectivity index (χ2v) is 4.66. The molecule has 0 aliphatic carbocycles. The normalized spacial score (nSPS) is 35.0. The van der Waals surface area contributed by atoms with E-state index in [9.17, 15) is 25.2 Å². The molecule has 1 aromatic rings. The molecule has 1 aliphatic heterocycles. The minimum absolute atomic E-state index is 0.0851. The van der Waals surface area contributed by atoms with Crippen molar-refractivity contribution in [1.29, 1.82) is 0 Å². The Balaban J connectivity index is 2.40. The van der Waals surface area contributed by atoms with E-state index in [4.69, 9.17) is 9.84 Å². The van der Waals surface area contributed by atoms with Crippen molar-refractivity contribution in [1.82, 2.24) is 0 Å². The van der Waals surface area contributed by atoms with Crippen molar-refractivity contribution in [2.45, 2.75) is 30.2 Å². The third kappa shape index (κ3) is 2.24. The summed E-state index contributed by atoms with van der Waals surface area (Å²) in [5, 5.41) is 48.3. The molecular weight excluding hydrogens is 268 g/mol. The van der Waals surface area contributed by atoms with Crippen LogP contribution in [0.1, 0.15) is 10.4 Å². The molecule has 0 saturated carbocycles. The van der Waals surface area contributed by atoms with Gasteiger partial charge < -0.3 is 30.3 Å². The molecule has 1 saturated heterocycles. The number of ketones is 1. The van der Waals surface area contributed by atoms with Gasteiger partial charge in [-0.25, -0.2) is 0 Å². The van der Waals surface area contributed by atoms with Gasteiger partial charge in [0.2, 0.25) is 0 Å². The number of hydrogen-bond acceptors (Lipinski definition) is 7. The molecule has 1 aromatic carbocycles. The van der Waals surface area contributed by atoms with Gasteiger partial charge in [-0.3, -0.25) is 4.79 Å². The average Bonchev–Trinajstić information content (AvgIpc) is 2.72. The van der Waals surface area contributed by atoms with Gasteiger partial charge in [0, 0.05) is 5.56 Å². The molecular formula is C13H16O7. The molecule has 5 atom stereocenters. The summed E-state index contributed by atoms with van der Waals surface area (Å²) in [5.74, 6) is -0.903. The van der Waals surface area contributed by atoms with Crippen molar-refractivity contribution >= 4 is 5.78 Å². The molecule has 1 fully saturated rings. The number of aliphatic hydroxyl groups excluding tert-OH is 4. The Morgan fingerprint density at radius 1 is 1.30 bits per heavy atom. The van der Waals surface area contributed by atoms with Crippen LogP contribution in [-0.4, -0.2) is 68.1 Å². The third-order valence-electron chi connectivity index (χ3n) is 3.38. The Morgan fingerprint density at radius 3 is 2.45 bits per heavy atom. The maximum absolute atomic E-state index is 12.4. The van der Waals surface area contributed by atoms with Gasteiger partial charge in [0.1, 0.15) is 18.3 Å². The van der Waals surface area contributed by atoms with E-state index in [-0.39, 0.29) is 5.56 Å². The lowest BCUT2D eigenvalue weighted by Gasteiger charge is -2.31. The molecule has 0 bridgehead atoms. The fraction of sp³-hybridized carbons (Fsp3) is 0.462. The predicted octanol–water partition coefficient (Wildman–Crippen LogP) is -1.97. The molecule has 7 heteroatoms. The van der Waals surface area contributed by atoms with Gasteiger partial charge in [0.15, 0.2) is 17.7 Å². The van der Waals surface area contributed by atoms with Gasteiger partial charge in [0.05, 0.1) is 6.61 Å². The van der Waals surface area contributed by atoms with Crippen LogP contribution in [0.25, 0.3) is 0 Å². The van der Waals surface area contributed by atoms with Crippen LogP contribution in [0.5, 0.6) is 0 Å². The van der Waals surface area contributed by atoms with E-state index < -0.39 is 42.6 Å². The largest absolute Gasteiger partial charge is 0.394 e. The number of hydrogen-bond donors (Lipinski definition) is 5. The van der Waals surface area contributed by atoms with E-state index in [1.807, 2.05) is 0 Å². The zero-order chi connectivity index (χ0) is 14.9. The zero-order valence-electron chi connectivity index (χ0n) is 10.5. The first-order valence-electron chi connectivity index (χ1n) is 6.05. The van der Waals surface area contributed by atoms with Crippen molar-refractivity contribution in [3.8, 4) is 0 Å². The molecule has 1 aliphatic rings. The second kappa shape index (κ2) is 5.57. The summed E-state index contributed by atoms with van der Waals surface area (Å²) in [7, 11) is 0.